The zero-order chi connectivity index (χ0) is 12.2. The number of carbonyl (C=O) groups is 1. The van der Waals surface area contributed by atoms with Crippen molar-refractivity contribution in [3.8, 4) is 12.3 Å². The van der Waals surface area contributed by atoms with E-state index in [-0.39, 0.29) is 5.91 Å². The summed E-state index contributed by atoms with van der Waals surface area (Å²) in [5.41, 5.74) is 0.337. The van der Waals surface area contributed by atoms with E-state index in [4.69, 9.17) is 6.42 Å². The second-order valence-electron chi connectivity index (χ2n) is 5.57. The Morgan fingerprint density at radius 3 is 2.75 bits per heavy atom. The fourth-order valence-electron chi connectivity index (χ4n) is 2.09. The highest BCUT2D eigenvalue weighted by atomic mass is 16.2. The van der Waals surface area contributed by atoms with Crippen molar-refractivity contribution in [2.24, 2.45) is 11.3 Å². The third-order valence-corrected chi connectivity index (χ3v) is 3.25. The smallest absolute Gasteiger partial charge is 0.234 e. The molecule has 0 radical (unpaired) electrons. The van der Waals surface area contributed by atoms with E-state index in [9.17, 15) is 4.79 Å². The summed E-state index contributed by atoms with van der Waals surface area (Å²) in [6.07, 6.45) is 6.27. The van der Waals surface area contributed by atoms with Crippen molar-refractivity contribution in [1.29, 1.82) is 0 Å². The summed E-state index contributed by atoms with van der Waals surface area (Å²) < 4.78 is 0. The summed E-state index contributed by atoms with van der Waals surface area (Å²) in [4.78, 5) is 13.7. The maximum absolute atomic E-state index is 11.5. The van der Waals surface area contributed by atoms with Crippen molar-refractivity contribution in [3.63, 3.8) is 0 Å². The molecule has 1 heterocycles. The molecule has 1 aliphatic heterocycles. The first-order chi connectivity index (χ1) is 7.43. The van der Waals surface area contributed by atoms with Crippen LogP contribution in [0.4, 0.5) is 0 Å². The average Bonchev–Trinajstić information content (AvgIpc) is 2.62. The molecule has 1 aliphatic rings. The van der Waals surface area contributed by atoms with E-state index in [2.05, 4.69) is 36.9 Å². The fraction of sp³-hybridized carbons (Fsp3) is 0.769. The van der Waals surface area contributed by atoms with Gasteiger partial charge in [-0.15, -0.1) is 6.42 Å². The fourth-order valence-corrected chi connectivity index (χ4v) is 2.09. The highest BCUT2D eigenvalue weighted by Crippen LogP contribution is 2.33. The molecule has 0 bridgehead atoms. The molecule has 16 heavy (non-hydrogen) atoms. The number of terminal acetylenes is 1. The number of likely N-dealkylation sites (tertiary alicyclic amines) is 1. The molecule has 0 aromatic heterocycles. The van der Waals surface area contributed by atoms with Crippen LogP contribution >= 0.6 is 0 Å². The minimum Gasteiger partial charge on any atom is -0.344 e. The van der Waals surface area contributed by atoms with Crippen LogP contribution in [0.15, 0.2) is 0 Å². The van der Waals surface area contributed by atoms with Crippen molar-refractivity contribution in [2.75, 3.05) is 26.2 Å². The van der Waals surface area contributed by atoms with Gasteiger partial charge >= 0.3 is 0 Å². The van der Waals surface area contributed by atoms with Crippen LogP contribution in [0.25, 0.3) is 0 Å². The van der Waals surface area contributed by atoms with E-state index < -0.39 is 0 Å². The van der Waals surface area contributed by atoms with Gasteiger partial charge in [0.15, 0.2) is 0 Å². The van der Waals surface area contributed by atoms with Crippen molar-refractivity contribution in [3.05, 3.63) is 0 Å². The molecule has 1 N–H and O–H groups in total. The lowest BCUT2D eigenvalue weighted by Crippen LogP contribution is -2.37. The second-order valence-corrected chi connectivity index (χ2v) is 5.57. The molecular weight excluding hydrogens is 200 g/mol. The Labute approximate surface area is 98.6 Å². The van der Waals surface area contributed by atoms with Crippen molar-refractivity contribution in [1.82, 2.24) is 10.2 Å². The van der Waals surface area contributed by atoms with Crippen molar-refractivity contribution in [2.45, 2.75) is 27.2 Å². The molecule has 1 fully saturated rings. The minimum atomic E-state index is 0.0347. The Morgan fingerprint density at radius 2 is 2.25 bits per heavy atom. The predicted octanol–water partition coefficient (Wildman–Crippen LogP) is 1.10. The first kappa shape index (κ1) is 13.1. The molecule has 3 nitrogen and oxygen atoms in total. The van der Waals surface area contributed by atoms with Gasteiger partial charge in [0.25, 0.3) is 0 Å². The van der Waals surface area contributed by atoms with Crippen LogP contribution in [0.1, 0.15) is 27.2 Å². The molecule has 1 unspecified atom stereocenters. The van der Waals surface area contributed by atoms with Crippen molar-refractivity contribution < 1.29 is 4.79 Å². The molecule has 1 saturated heterocycles. The number of rotatable bonds is 3. The lowest BCUT2D eigenvalue weighted by molar-refractivity contribution is -0.121. The molecule has 0 aliphatic carbocycles. The van der Waals surface area contributed by atoms with Crippen LogP contribution in [0.2, 0.25) is 0 Å². The zero-order valence-electron chi connectivity index (χ0n) is 10.5. The Morgan fingerprint density at radius 1 is 1.56 bits per heavy atom. The number of amides is 1. The molecule has 0 saturated carbocycles. The largest absolute Gasteiger partial charge is 0.344 e. The number of nitrogens with one attached hydrogen (secondary N) is 1. The molecule has 90 valence electrons. The van der Waals surface area contributed by atoms with Gasteiger partial charge in [-0.25, -0.2) is 0 Å². The maximum Gasteiger partial charge on any atom is 0.234 e. The molecule has 1 atom stereocenters. The summed E-state index contributed by atoms with van der Waals surface area (Å²) in [6.45, 7) is 9.64. The van der Waals surface area contributed by atoms with E-state index in [1.54, 1.807) is 0 Å². The number of nitrogens with zero attached hydrogens (tertiary/aromatic N) is 1. The van der Waals surface area contributed by atoms with E-state index in [0.717, 1.165) is 13.1 Å². The molecule has 0 aromatic rings. The van der Waals surface area contributed by atoms with E-state index in [0.29, 0.717) is 24.4 Å². The van der Waals surface area contributed by atoms with Gasteiger partial charge in [0.05, 0.1) is 13.1 Å². The molecule has 0 spiro atoms. The van der Waals surface area contributed by atoms with Gasteiger partial charge in [0, 0.05) is 6.54 Å². The van der Waals surface area contributed by atoms with Crippen LogP contribution in [-0.4, -0.2) is 37.0 Å². The monoisotopic (exact) mass is 222 g/mol. The quantitative estimate of drug-likeness (QED) is 0.725. The Kier molecular flexibility index (Phi) is 4.37. The zero-order valence-corrected chi connectivity index (χ0v) is 10.5. The number of hydrogen-bond acceptors (Lipinski definition) is 2. The van der Waals surface area contributed by atoms with Gasteiger partial charge in [0.1, 0.15) is 0 Å². The van der Waals surface area contributed by atoms with E-state index in [1.165, 1.54) is 6.42 Å². The number of hydrogen-bond donors (Lipinski definition) is 1. The van der Waals surface area contributed by atoms with E-state index in [1.807, 2.05) is 0 Å². The molecular formula is C13H22N2O. The first-order valence-electron chi connectivity index (χ1n) is 5.86. The summed E-state index contributed by atoms with van der Waals surface area (Å²) >= 11 is 0. The summed E-state index contributed by atoms with van der Waals surface area (Å²) in [6, 6.07) is 0. The predicted molar refractivity (Wildman–Crippen MR) is 65.8 cm³/mol. The maximum atomic E-state index is 11.5. The molecule has 0 aromatic carbocycles. The van der Waals surface area contributed by atoms with Gasteiger partial charge in [-0.3, -0.25) is 9.69 Å². The topological polar surface area (TPSA) is 32.3 Å². The summed E-state index contributed by atoms with van der Waals surface area (Å²) in [5, 5.41) is 2.70. The molecule has 1 amide bonds. The Bertz CT molecular complexity index is 285. The highest BCUT2D eigenvalue weighted by molar-refractivity contribution is 5.78. The molecule has 1 rings (SSSR count). The van der Waals surface area contributed by atoms with Gasteiger partial charge in [-0.1, -0.05) is 26.7 Å². The number of carbonyl (C=O) groups excluding carboxylic acids is 1. The SMILES string of the molecule is C#CCNC(=O)CN1CCC(C(C)(C)C)C1. The Balaban J connectivity index is 2.32. The molecule has 3 heteroatoms. The normalized spacial score (nSPS) is 21.8. The lowest BCUT2D eigenvalue weighted by Gasteiger charge is -2.26. The highest BCUT2D eigenvalue weighted by Gasteiger charge is 2.32. The van der Waals surface area contributed by atoms with Crippen LogP contribution < -0.4 is 5.32 Å². The summed E-state index contributed by atoms with van der Waals surface area (Å²) in [5.74, 6) is 3.13. The third-order valence-electron chi connectivity index (χ3n) is 3.25. The first-order valence-corrected chi connectivity index (χ1v) is 5.86. The second kappa shape index (κ2) is 5.36. The standard InChI is InChI=1S/C13H22N2O/c1-5-7-14-12(16)10-15-8-6-11(9-15)13(2,3)4/h1,11H,6-10H2,2-4H3,(H,14,16). The van der Waals surface area contributed by atoms with Crippen LogP contribution in [0.3, 0.4) is 0 Å². The average molecular weight is 222 g/mol. The van der Waals surface area contributed by atoms with Gasteiger partial charge in [-0.2, -0.15) is 0 Å². The summed E-state index contributed by atoms with van der Waals surface area (Å²) in [7, 11) is 0. The van der Waals surface area contributed by atoms with Gasteiger partial charge in [0.2, 0.25) is 5.91 Å². The van der Waals surface area contributed by atoms with Gasteiger partial charge < -0.3 is 5.32 Å². The van der Waals surface area contributed by atoms with Crippen LogP contribution in [0.5, 0.6) is 0 Å². The minimum absolute atomic E-state index is 0.0347. The third kappa shape index (κ3) is 3.86. The van der Waals surface area contributed by atoms with Crippen molar-refractivity contribution >= 4 is 5.91 Å². The Hall–Kier alpha value is -1.01. The van der Waals surface area contributed by atoms with Crippen LogP contribution in [-0.2, 0) is 4.79 Å². The van der Waals surface area contributed by atoms with Crippen LogP contribution in [0, 0.1) is 23.7 Å². The van der Waals surface area contributed by atoms with Gasteiger partial charge in [-0.05, 0) is 24.3 Å². The lowest BCUT2D eigenvalue weighted by atomic mass is 9.80. The van der Waals surface area contributed by atoms with E-state index >= 15 is 0 Å².